The van der Waals surface area contributed by atoms with Crippen LogP contribution in [-0.4, -0.2) is 18.9 Å². The summed E-state index contributed by atoms with van der Waals surface area (Å²) in [5, 5.41) is 3.10. The Morgan fingerprint density at radius 2 is 2.06 bits per heavy atom. The van der Waals surface area contributed by atoms with Gasteiger partial charge in [-0.05, 0) is 26.0 Å². The number of rotatable bonds is 4. The molecule has 0 aromatic heterocycles. The van der Waals surface area contributed by atoms with Gasteiger partial charge in [0.15, 0.2) is 5.03 Å². The number of esters is 1. The van der Waals surface area contributed by atoms with Crippen molar-refractivity contribution in [2.75, 3.05) is 11.9 Å². The average molecular weight is 268 g/mol. The predicted octanol–water partition coefficient (Wildman–Crippen LogP) is 2.78. The number of nitrogens with one attached hydrogen (secondary N) is 1. The van der Waals surface area contributed by atoms with Gasteiger partial charge in [0.25, 0.3) is 0 Å². The number of anilines is 1. The summed E-state index contributed by atoms with van der Waals surface area (Å²) in [6, 6.07) is 7.73. The lowest BCUT2D eigenvalue weighted by atomic mass is 10.2. The SMILES string of the molecule is CCO[C@H]1OC(=O)C(Cl)=C1Nc1ccc(C)cc1. The monoisotopic (exact) mass is 267 g/mol. The van der Waals surface area contributed by atoms with E-state index in [1.807, 2.05) is 38.1 Å². The molecule has 0 saturated carbocycles. The van der Waals surface area contributed by atoms with E-state index in [0.717, 1.165) is 11.3 Å². The number of cyclic esters (lactones) is 1. The second-order valence-corrected chi connectivity index (χ2v) is 4.29. The summed E-state index contributed by atoms with van der Waals surface area (Å²) in [5.41, 5.74) is 2.44. The van der Waals surface area contributed by atoms with Crippen molar-refractivity contribution in [1.29, 1.82) is 0 Å². The predicted molar refractivity (Wildman–Crippen MR) is 69.2 cm³/mol. The molecule has 4 nitrogen and oxygen atoms in total. The highest BCUT2D eigenvalue weighted by molar-refractivity contribution is 6.42. The van der Waals surface area contributed by atoms with Crippen LogP contribution >= 0.6 is 11.6 Å². The molecule has 0 unspecified atom stereocenters. The van der Waals surface area contributed by atoms with Crippen molar-refractivity contribution in [3.63, 3.8) is 0 Å². The molecule has 1 heterocycles. The van der Waals surface area contributed by atoms with E-state index in [9.17, 15) is 4.79 Å². The Morgan fingerprint density at radius 3 is 2.67 bits per heavy atom. The van der Waals surface area contributed by atoms with Gasteiger partial charge in [-0.25, -0.2) is 4.79 Å². The number of halogens is 1. The molecule has 1 aromatic carbocycles. The zero-order chi connectivity index (χ0) is 13.1. The van der Waals surface area contributed by atoms with Gasteiger partial charge < -0.3 is 14.8 Å². The summed E-state index contributed by atoms with van der Waals surface area (Å²) in [7, 11) is 0. The Balaban J connectivity index is 2.19. The van der Waals surface area contributed by atoms with Crippen molar-refractivity contribution in [2.45, 2.75) is 20.1 Å². The van der Waals surface area contributed by atoms with Crippen LogP contribution in [0.3, 0.4) is 0 Å². The topological polar surface area (TPSA) is 47.6 Å². The molecule has 18 heavy (non-hydrogen) atoms. The first-order valence-corrected chi connectivity index (χ1v) is 6.05. The normalized spacial score (nSPS) is 19.1. The minimum absolute atomic E-state index is 0.0361. The molecule has 0 bridgehead atoms. The molecule has 2 rings (SSSR count). The summed E-state index contributed by atoms with van der Waals surface area (Å²) in [6.07, 6.45) is -0.753. The summed E-state index contributed by atoms with van der Waals surface area (Å²) in [5.74, 6) is -0.565. The number of hydrogen-bond acceptors (Lipinski definition) is 4. The van der Waals surface area contributed by atoms with Gasteiger partial charge in [-0.2, -0.15) is 0 Å². The first kappa shape index (κ1) is 12.9. The van der Waals surface area contributed by atoms with Crippen LogP contribution in [0.15, 0.2) is 35.0 Å². The van der Waals surface area contributed by atoms with E-state index < -0.39 is 12.3 Å². The molecule has 5 heteroatoms. The van der Waals surface area contributed by atoms with Crippen molar-refractivity contribution >= 4 is 23.3 Å². The van der Waals surface area contributed by atoms with Crippen LogP contribution in [0.5, 0.6) is 0 Å². The Bertz CT molecular complexity index is 482. The highest BCUT2D eigenvalue weighted by atomic mass is 35.5. The molecule has 1 aliphatic heterocycles. The van der Waals surface area contributed by atoms with E-state index in [1.165, 1.54) is 0 Å². The number of ether oxygens (including phenoxy) is 2. The van der Waals surface area contributed by atoms with Gasteiger partial charge in [0.05, 0.1) is 0 Å². The van der Waals surface area contributed by atoms with E-state index >= 15 is 0 Å². The van der Waals surface area contributed by atoms with Crippen molar-refractivity contribution in [1.82, 2.24) is 0 Å². The Kier molecular flexibility index (Phi) is 3.89. The largest absolute Gasteiger partial charge is 0.425 e. The fourth-order valence-electron chi connectivity index (χ4n) is 1.60. The third-order valence-corrected chi connectivity index (χ3v) is 2.87. The van der Waals surface area contributed by atoms with Gasteiger partial charge in [0.1, 0.15) is 5.70 Å². The minimum atomic E-state index is -0.753. The molecule has 1 aromatic rings. The zero-order valence-corrected chi connectivity index (χ0v) is 11.0. The number of hydrogen-bond donors (Lipinski definition) is 1. The molecule has 1 atom stereocenters. The van der Waals surface area contributed by atoms with Crippen LogP contribution in [0.1, 0.15) is 12.5 Å². The zero-order valence-electron chi connectivity index (χ0n) is 10.2. The minimum Gasteiger partial charge on any atom is -0.425 e. The van der Waals surface area contributed by atoms with Crippen LogP contribution in [0, 0.1) is 6.92 Å². The average Bonchev–Trinajstić information content (AvgIpc) is 2.60. The van der Waals surface area contributed by atoms with Gasteiger partial charge in [0, 0.05) is 12.3 Å². The second kappa shape index (κ2) is 5.42. The van der Waals surface area contributed by atoms with E-state index in [1.54, 1.807) is 0 Å². The maximum Gasteiger partial charge on any atom is 0.354 e. The van der Waals surface area contributed by atoms with Crippen molar-refractivity contribution in [2.24, 2.45) is 0 Å². The molecule has 1 aliphatic rings. The maximum atomic E-state index is 11.4. The van der Waals surface area contributed by atoms with E-state index in [4.69, 9.17) is 21.1 Å². The quantitative estimate of drug-likeness (QED) is 0.852. The Labute approximate surface area is 111 Å². The van der Waals surface area contributed by atoms with Gasteiger partial charge in [0.2, 0.25) is 6.29 Å². The van der Waals surface area contributed by atoms with Crippen LogP contribution in [0.2, 0.25) is 0 Å². The Morgan fingerprint density at radius 1 is 1.39 bits per heavy atom. The van der Waals surface area contributed by atoms with E-state index in [-0.39, 0.29) is 5.03 Å². The summed E-state index contributed by atoms with van der Waals surface area (Å²) >= 11 is 5.90. The van der Waals surface area contributed by atoms with Crippen molar-refractivity contribution in [3.05, 3.63) is 40.6 Å². The van der Waals surface area contributed by atoms with Crippen LogP contribution in [0.4, 0.5) is 5.69 Å². The number of carbonyl (C=O) groups excluding carboxylic acids is 1. The highest BCUT2D eigenvalue weighted by Gasteiger charge is 2.33. The molecule has 0 amide bonds. The molecular weight excluding hydrogens is 254 g/mol. The molecule has 1 N–H and O–H groups in total. The van der Waals surface area contributed by atoms with Gasteiger partial charge in [-0.15, -0.1) is 0 Å². The van der Waals surface area contributed by atoms with E-state index in [0.29, 0.717) is 12.3 Å². The first-order valence-electron chi connectivity index (χ1n) is 5.67. The lowest BCUT2D eigenvalue weighted by Crippen LogP contribution is -2.20. The van der Waals surface area contributed by atoms with Crippen LogP contribution in [-0.2, 0) is 14.3 Å². The van der Waals surface area contributed by atoms with Crippen molar-refractivity contribution < 1.29 is 14.3 Å². The first-order chi connectivity index (χ1) is 8.61. The van der Waals surface area contributed by atoms with Crippen LogP contribution < -0.4 is 5.32 Å². The van der Waals surface area contributed by atoms with Gasteiger partial charge in [-0.3, -0.25) is 0 Å². The molecule has 0 spiro atoms. The third-order valence-electron chi connectivity index (χ3n) is 2.51. The second-order valence-electron chi connectivity index (χ2n) is 3.91. The number of benzene rings is 1. The third kappa shape index (κ3) is 2.66. The van der Waals surface area contributed by atoms with E-state index in [2.05, 4.69) is 5.32 Å². The molecular formula is C13H14ClNO3. The summed E-state index contributed by atoms with van der Waals surface area (Å²) < 4.78 is 10.3. The molecule has 0 radical (unpaired) electrons. The maximum absolute atomic E-state index is 11.4. The molecule has 0 saturated heterocycles. The lowest BCUT2D eigenvalue weighted by molar-refractivity contribution is -0.158. The van der Waals surface area contributed by atoms with Crippen LogP contribution in [0.25, 0.3) is 0 Å². The highest BCUT2D eigenvalue weighted by Crippen LogP contribution is 2.27. The Hall–Kier alpha value is -1.52. The molecule has 0 aliphatic carbocycles. The summed E-state index contributed by atoms with van der Waals surface area (Å²) in [4.78, 5) is 11.4. The summed E-state index contributed by atoms with van der Waals surface area (Å²) in [6.45, 7) is 4.26. The molecule has 96 valence electrons. The number of carbonyl (C=O) groups is 1. The van der Waals surface area contributed by atoms with Crippen molar-refractivity contribution in [3.8, 4) is 0 Å². The molecule has 0 fully saturated rings. The lowest BCUT2D eigenvalue weighted by Gasteiger charge is -2.15. The van der Waals surface area contributed by atoms with Gasteiger partial charge >= 0.3 is 5.97 Å². The fourth-order valence-corrected chi connectivity index (χ4v) is 1.78. The smallest absolute Gasteiger partial charge is 0.354 e. The fraction of sp³-hybridized carbons (Fsp3) is 0.308. The van der Waals surface area contributed by atoms with Gasteiger partial charge in [-0.1, -0.05) is 29.3 Å². The standard InChI is InChI=1S/C13H14ClNO3/c1-3-17-13-11(10(14)12(16)18-13)15-9-6-4-8(2)5-7-9/h4-7,13,15H,3H2,1-2H3/t13-/m0/s1. The number of aryl methyl sites for hydroxylation is 1.